The second kappa shape index (κ2) is 4.65. The van der Waals surface area contributed by atoms with Crippen molar-refractivity contribution in [2.75, 3.05) is 7.11 Å². The minimum absolute atomic E-state index is 0.00162. The Morgan fingerprint density at radius 2 is 1.94 bits per heavy atom. The van der Waals surface area contributed by atoms with E-state index in [1.165, 1.54) is 7.11 Å². The summed E-state index contributed by atoms with van der Waals surface area (Å²) in [6, 6.07) is 3.16. The zero-order valence-corrected chi connectivity index (χ0v) is 8.98. The average molecular weight is 224 g/mol. The van der Waals surface area contributed by atoms with Gasteiger partial charge in [0.15, 0.2) is 0 Å². The molecule has 0 saturated heterocycles. The molecule has 0 saturated carbocycles. The van der Waals surface area contributed by atoms with Gasteiger partial charge in [0.25, 0.3) is 0 Å². The average Bonchev–Trinajstić information content (AvgIpc) is 2.16. The number of aryl methyl sites for hydroxylation is 1. The molecule has 0 aliphatic rings. The van der Waals surface area contributed by atoms with Crippen LogP contribution in [0.25, 0.3) is 0 Å². The van der Waals surface area contributed by atoms with Gasteiger partial charge in [0.05, 0.1) is 19.1 Å². The molecule has 86 valence electrons. The maximum Gasteiger partial charge on any atom is 0.336 e. The number of aliphatic carboxylic acids is 1. The number of carbonyl (C=O) groups is 2. The summed E-state index contributed by atoms with van der Waals surface area (Å²) in [7, 11) is 1.38. The fourth-order valence-corrected chi connectivity index (χ4v) is 1.56. The van der Waals surface area contributed by atoms with Crippen LogP contribution in [0.1, 0.15) is 21.5 Å². The smallest absolute Gasteiger partial charge is 0.336 e. The summed E-state index contributed by atoms with van der Waals surface area (Å²) in [4.78, 5) is 21.7. The highest BCUT2D eigenvalue weighted by atomic mass is 16.5. The van der Waals surface area contributed by atoms with Gasteiger partial charge in [-0.1, -0.05) is 6.07 Å². The van der Waals surface area contributed by atoms with Crippen molar-refractivity contribution < 1.29 is 24.5 Å². The van der Waals surface area contributed by atoms with Gasteiger partial charge in [-0.2, -0.15) is 0 Å². The third-order valence-electron chi connectivity index (χ3n) is 2.24. The van der Waals surface area contributed by atoms with Crippen LogP contribution >= 0.6 is 0 Å². The Bertz CT molecular complexity index is 436. The zero-order valence-electron chi connectivity index (χ0n) is 8.98. The highest BCUT2D eigenvalue weighted by Gasteiger charge is 2.19. The van der Waals surface area contributed by atoms with E-state index < -0.39 is 11.9 Å². The van der Waals surface area contributed by atoms with Gasteiger partial charge in [0, 0.05) is 5.56 Å². The van der Waals surface area contributed by atoms with Crippen molar-refractivity contribution in [3.05, 3.63) is 28.8 Å². The van der Waals surface area contributed by atoms with Crippen molar-refractivity contribution in [1.29, 1.82) is 0 Å². The lowest BCUT2D eigenvalue weighted by Gasteiger charge is -2.12. The molecule has 0 fully saturated rings. The summed E-state index contributed by atoms with van der Waals surface area (Å²) in [6.07, 6.45) is -0.369. The van der Waals surface area contributed by atoms with E-state index in [4.69, 9.17) is 14.9 Å². The molecule has 2 N–H and O–H groups in total. The predicted octanol–water partition coefficient (Wildman–Crippen LogP) is 1.33. The van der Waals surface area contributed by atoms with E-state index in [0.29, 0.717) is 5.56 Å². The Morgan fingerprint density at radius 3 is 2.38 bits per heavy atom. The molecule has 16 heavy (non-hydrogen) atoms. The molecule has 0 amide bonds. The van der Waals surface area contributed by atoms with E-state index in [9.17, 15) is 9.59 Å². The molecule has 0 aliphatic carbocycles. The first kappa shape index (κ1) is 12.0. The van der Waals surface area contributed by atoms with Gasteiger partial charge in [-0.15, -0.1) is 0 Å². The minimum Gasteiger partial charge on any atom is -0.496 e. The lowest BCUT2D eigenvalue weighted by molar-refractivity contribution is -0.136. The van der Waals surface area contributed by atoms with Crippen molar-refractivity contribution >= 4 is 11.9 Å². The summed E-state index contributed by atoms with van der Waals surface area (Å²) in [6.45, 7) is 1.62. The van der Waals surface area contributed by atoms with Crippen molar-refractivity contribution in [2.45, 2.75) is 13.3 Å². The topological polar surface area (TPSA) is 83.8 Å². The molecule has 0 aromatic heterocycles. The van der Waals surface area contributed by atoms with Gasteiger partial charge in [0.1, 0.15) is 5.75 Å². The standard InChI is InChI=1S/C11H12O5/c1-6-3-4-8(16-2)7(5-9(12)13)10(6)11(14)15/h3-4H,5H2,1-2H3,(H,12,13)(H,14,15). The molecule has 0 heterocycles. The summed E-state index contributed by atoms with van der Waals surface area (Å²) in [5.41, 5.74) is 0.716. The fraction of sp³-hybridized carbons (Fsp3) is 0.273. The lowest BCUT2D eigenvalue weighted by Crippen LogP contribution is -2.11. The van der Waals surface area contributed by atoms with Gasteiger partial charge < -0.3 is 14.9 Å². The van der Waals surface area contributed by atoms with Gasteiger partial charge in [-0.3, -0.25) is 4.79 Å². The Hall–Kier alpha value is -2.04. The minimum atomic E-state index is -1.15. The first-order chi connectivity index (χ1) is 7.47. The number of aromatic carboxylic acids is 1. The third-order valence-corrected chi connectivity index (χ3v) is 2.24. The number of ether oxygens (including phenoxy) is 1. The molecule has 1 aromatic carbocycles. The van der Waals surface area contributed by atoms with Gasteiger partial charge in [-0.05, 0) is 18.6 Å². The summed E-state index contributed by atoms with van der Waals surface area (Å²) in [5.74, 6) is -1.95. The van der Waals surface area contributed by atoms with Crippen LogP contribution in [-0.2, 0) is 11.2 Å². The molecule has 1 rings (SSSR count). The summed E-state index contributed by atoms with van der Waals surface area (Å²) >= 11 is 0. The number of hydrogen-bond donors (Lipinski definition) is 2. The van der Waals surface area contributed by atoms with E-state index in [2.05, 4.69) is 0 Å². The molecule has 1 aromatic rings. The van der Waals surface area contributed by atoms with Crippen molar-refractivity contribution in [1.82, 2.24) is 0 Å². The van der Waals surface area contributed by atoms with Crippen molar-refractivity contribution in [3.8, 4) is 5.75 Å². The van der Waals surface area contributed by atoms with E-state index in [1.54, 1.807) is 19.1 Å². The first-order valence-electron chi connectivity index (χ1n) is 4.59. The zero-order chi connectivity index (χ0) is 12.3. The molecule has 0 atom stereocenters. The maximum absolute atomic E-state index is 11.0. The highest BCUT2D eigenvalue weighted by molar-refractivity contribution is 5.93. The number of rotatable bonds is 4. The second-order valence-corrected chi connectivity index (χ2v) is 3.31. The summed E-state index contributed by atoms with van der Waals surface area (Å²) in [5, 5.41) is 17.8. The molecule has 0 bridgehead atoms. The van der Waals surface area contributed by atoms with Gasteiger partial charge in [0.2, 0.25) is 0 Å². The van der Waals surface area contributed by atoms with E-state index in [1.807, 2.05) is 0 Å². The molecule has 0 unspecified atom stereocenters. The third kappa shape index (κ3) is 2.31. The maximum atomic E-state index is 11.0. The lowest BCUT2D eigenvalue weighted by atomic mass is 9.98. The molecular weight excluding hydrogens is 212 g/mol. The van der Waals surface area contributed by atoms with Crippen molar-refractivity contribution in [3.63, 3.8) is 0 Å². The molecule has 0 radical (unpaired) electrons. The van der Waals surface area contributed by atoms with Crippen LogP contribution in [0.3, 0.4) is 0 Å². The predicted molar refractivity (Wildman–Crippen MR) is 56.0 cm³/mol. The number of benzene rings is 1. The SMILES string of the molecule is COc1ccc(C)c(C(=O)O)c1CC(=O)O. The molecular formula is C11H12O5. The van der Waals surface area contributed by atoms with Crippen LogP contribution in [0.15, 0.2) is 12.1 Å². The highest BCUT2D eigenvalue weighted by Crippen LogP contribution is 2.26. The van der Waals surface area contributed by atoms with Crippen LogP contribution in [0.2, 0.25) is 0 Å². The van der Waals surface area contributed by atoms with Gasteiger partial charge in [-0.25, -0.2) is 4.79 Å². The number of carboxylic acid groups (broad SMARTS) is 2. The Labute approximate surface area is 92.3 Å². The molecule has 0 spiro atoms. The Balaban J connectivity index is 3.42. The number of methoxy groups -OCH3 is 1. The fourth-order valence-electron chi connectivity index (χ4n) is 1.56. The Kier molecular flexibility index (Phi) is 3.50. The monoisotopic (exact) mass is 224 g/mol. The quantitative estimate of drug-likeness (QED) is 0.806. The van der Waals surface area contributed by atoms with Crippen molar-refractivity contribution in [2.24, 2.45) is 0 Å². The van der Waals surface area contributed by atoms with E-state index in [0.717, 1.165) is 0 Å². The van der Waals surface area contributed by atoms with Crippen LogP contribution in [0, 0.1) is 6.92 Å². The summed E-state index contributed by atoms with van der Waals surface area (Å²) < 4.78 is 4.97. The Morgan fingerprint density at radius 1 is 1.31 bits per heavy atom. The van der Waals surface area contributed by atoms with Crippen LogP contribution < -0.4 is 4.74 Å². The molecule has 5 nitrogen and oxygen atoms in total. The normalized spacial score (nSPS) is 9.88. The first-order valence-corrected chi connectivity index (χ1v) is 4.59. The van der Waals surface area contributed by atoms with Crippen LogP contribution in [-0.4, -0.2) is 29.3 Å². The van der Waals surface area contributed by atoms with Crippen LogP contribution in [0.4, 0.5) is 0 Å². The van der Waals surface area contributed by atoms with Crippen LogP contribution in [0.5, 0.6) is 5.75 Å². The largest absolute Gasteiger partial charge is 0.496 e. The number of hydrogen-bond acceptors (Lipinski definition) is 3. The second-order valence-electron chi connectivity index (χ2n) is 3.31. The van der Waals surface area contributed by atoms with Gasteiger partial charge >= 0.3 is 11.9 Å². The number of carboxylic acids is 2. The van der Waals surface area contributed by atoms with E-state index in [-0.39, 0.29) is 23.3 Å². The molecule has 0 aliphatic heterocycles. The van der Waals surface area contributed by atoms with E-state index >= 15 is 0 Å². The molecule has 5 heteroatoms.